The highest BCUT2D eigenvalue weighted by Gasteiger charge is 2.19. The first-order valence-electron chi connectivity index (χ1n) is 6.23. The van der Waals surface area contributed by atoms with E-state index in [1.165, 1.54) is 32.2 Å². The van der Waals surface area contributed by atoms with Crippen molar-refractivity contribution in [2.75, 3.05) is 7.11 Å². The van der Waals surface area contributed by atoms with Gasteiger partial charge in [0.05, 0.1) is 18.1 Å². The Hall–Kier alpha value is -2.96. The molecule has 0 aliphatic rings. The van der Waals surface area contributed by atoms with Crippen molar-refractivity contribution in [2.45, 2.75) is 6.92 Å². The first-order valence-corrected chi connectivity index (χ1v) is 6.23. The molecule has 0 heterocycles. The van der Waals surface area contributed by atoms with Crippen LogP contribution in [0.5, 0.6) is 17.2 Å². The number of carbonyl (C=O) groups excluding carboxylic acids is 1. The lowest BCUT2D eigenvalue weighted by Crippen LogP contribution is -1.98. The number of ketones is 1. The molecule has 0 aromatic heterocycles. The van der Waals surface area contributed by atoms with Gasteiger partial charge in [-0.2, -0.15) is 0 Å². The lowest BCUT2D eigenvalue weighted by atomic mass is 10.1. The minimum Gasteiger partial charge on any atom is -0.493 e. The summed E-state index contributed by atoms with van der Waals surface area (Å²) in [6.45, 7) is 1.40. The third kappa shape index (κ3) is 3.20. The smallest absolute Gasteiger partial charge is 0.314 e. The number of carbonyl (C=O) groups is 1. The van der Waals surface area contributed by atoms with Crippen LogP contribution in [0.2, 0.25) is 0 Å². The lowest BCUT2D eigenvalue weighted by Gasteiger charge is -2.11. The molecule has 0 saturated carbocycles. The molecule has 0 bridgehead atoms. The van der Waals surface area contributed by atoms with Crippen molar-refractivity contribution in [2.24, 2.45) is 0 Å². The Kier molecular flexibility index (Phi) is 4.36. The van der Waals surface area contributed by atoms with Crippen LogP contribution in [0.15, 0.2) is 36.4 Å². The predicted octanol–water partition coefficient (Wildman–Crippen LogP) is 3.74. The summed E-state index contributed by atoms with van der Waals surface area (Å²) >= 11 is 0. The summed E-state index contributed by atoms with van der Waals surface area (Å²) in [7, 11) is 1.38. The summed E-state index contributed by atoms with van der Waals surface area (Å²) < 4.78 is 23.7. The molecule has 2 rings (SSSR count). The number of nitro groups is 1. The number of halogens is 1. The molecule has 0 atom stereocenters. The first kappa shape index (κ1) is 15.4. The Bertz CT molecular complexity index is 745. The number of hydrogen-bond acceptors (Lipinski definition) is 5. The molecule has 2 aromatic carbocycles. The molecule has 7 heteroatoms. The van der Waals surface area contributed by atoms with Crippen molar-refractivity contribution in [3.8, 4) is 17.2 Å². The van der Waals surface area contributed by atoms with Crippen LogP contribution in [0, 0.1) is 15.9 Å². The molecular weight excluding hydrogens is 293 g/mol. The number of benzene rings is 2. The van der Waals surface area contributed by atoms with Crippen LogP contribution in [-0.4, -0.2) is 17.8 Å². The number of ether oxygens (including phenoxy) is 2. The van der Waals surface area contributed by atoms with Gasteiger partial charge in [-0.3, -0.25) is 14.9 Å². The molecule has 2 aromatic rings. The minimum absolute atomic E-state index is 0.125. The molecule has 0 aliphatic carbocycles. The number of methoxy groups -OCH3 is 1. The zero-order valence-corrected chi connectivity index (χ0v) is 11.8. The van der Waals surface area contributed by atoms with Gasteiger partial charge in [0.25, 0.3) is 0 Å². The van der Waals surface area contributed by atoms with Gasteiger partial charge in [-0.1, -0.05) is 0 Å². The van der Waals surface area contributed by atoms with Crippen LogP contribution in [0.25, 0.3) is 0 Å². The summed E-state index contributed by atoms with van der Waals surface area (Å²) in [5, 5.41) is 10.9. The topological polar surface area (TPSA) is 78.7 Å². The zero-order chi connectivity index (χ0) is 16.3. The van der Waals surface area contributed by atoms with Crippen LogP contribution in [0.3, 0.4) is 0 Å². The summed E-state index contributed by atoms with van der Waals surface area (Å²) in [6, 6.07) is 7.42. The highest BCUT2D eigenvalue weighted by molar-refractivity contribution is 5.94. The van der Waals surface area contributed by atoms with E-state index in [4.69, 9.17) is 9.47 Å². The van der Waals surface area contributed by atoms with E-state index in [-0.39, 0.29) is 23.0 Å². The zero-order valence-electron chi connectivity index (χ0n) is 11.8. The van der Waals surface area contributed by atoms with E-state index in [9.17, 15) is 19.3 Å². The second-order valence-corrected chi connectivity index (χ2v) is 4.39. The van der Waals surface area contributed by atoms with Gasteiger partial charge in [0.1, 0.15) is 5.82 Å². The molecule has 0 N–H and O–H groups in total. The normalized spacial score (nSPS) is 10.1. The highest BCUT2D eigenvalue weighted by Crippen LogP contribution is 2.37. The maximum Gasteiger partial charge on any atom is 0.314 e. The number of Topliss-reactive ketones (excluding diaryl/α,β-unsaturated/α-hetero) is 1. The van der Waals surface area contributed by atoms with Crippen molar-refractivity contribution < 1.29 is 23.6 Å². The molecule has 0 amide bonds. The van der Waals surface area contributed by atoms with Crippen molar-refractivity contribution in [3.63, 3.8) is 0 Å². The molecule has 6 nitrogen and oxygen atoms in total. The van der Waals surface area contributed by atoms with Crippen molar-refractivity contribution in [3.05, 3.63) is 57.9 Å². The van der Waals surface area contributed by atoms with Gasteiger partial charge in [0.2, 0.25) is 5.75 Å². The van der Waals surface area contributed by atoms with Gasteiger partial charge in [-0.15, -0.1) is 0 Å². The quantitative estimate of drug-likeness (QED) is 0.477. The van der Waals surface area contributed by atoms with Crippen LogP contribution in [0.1, 0.15) is 17.3 Å². The number of nitro benzene ring substituents is 1. The van der Waals surface area contributed by atoms with Gasteiger partial charge in [-0.25, -0.2) is 4.39 Å². The van der Waals surface area contributed by atoms with E-state index in [0.717, 1.165) is 18.2 Å². The summed E-state index contributed by atoms with van der Waals surface area (Å²) in [5.41, 5.74) is -0.0875. The Morgan fingerprint density at radius 1 is 1.14 bits per heavy atom. The van der Waals surface area contributed by atoms with E-state index >= 15 is 0 Å². The fourth-order valence-electron chi connectivity index (χ4n) is 1.81. The van der Waals surface area contributed by atoms with Crippen molar-refractivity contribution >= 4 is 11.5 Å². The van der Waals surface area contributed by atoms with Crippen LogP contribution in [-0.2, 0) is 0 Å². The molecule has 22 heavy (non-hydrogen) atoms. The molecule has 0 aliphatic heterocycles. The summed E-state index contributed by atoms with van der Waals surface area (Å²) in [4.78, 5) is 21.5. The van der Waals surface area contributed by atoms with E-state index in [0.29, 0.717) is 5.56 Å². The number of hydrogen-bond donors (Lipinski definition) is 0. The molecule has 0 spiro atoms. The Morgan fingerprint density at radius 2 is 1.82 bits per heavy atom. The fourth-order valence-corrected chi connectivity index (χ4v) is 1.81. The third-order valence-corrected chi connectivity index (χ3v) is 2.91. The SMILES string of the molecule is COc1cc(C(C)=O)ccc1Oc1ccc(F)cc1[N+](=O)[O-]. The molecule has 0 fully saturated rings. The van der Waals surface area contributed by atoms with E-state index in [2.05, 4.69) is 0 Å². The van der Waals surface area contributed by atoms with Gasteiger partial charge < -0.3 is 9.47 Å². The van der Waals surface area contributed by atoms with Gasteiger partial charge in [-0.05, 0) is 37.3 Å². The summed E-state index contributed by atoms with van der Waals surface area (Å²) in [6.07, 6.45) is 0. The van der Waals surface area contributed by atoms with E-state index in [1.54, 1.807) is 0 Å². The average Bonchev–Trinajstić information content (AvgIpc) is 2.48. The minimum atomic E-state index is -0.741. The maximum absolute atomic E-state index is 13.1. The van der Waals surface area contributed by atoms with Crippen molar-refractivity contribution in [1.29, 1.82) is 0 Å². The van der Waals surface area contributed by atoms with Gasteiger partial charge >= 0.3 is 5.69 Å². The van der Waals surface area contributed by atoms with Crippen LogP contribution < -0.4 is 9.47 Å². The maximum atomic E-state index is 13.1. The molecular formula is C15H12FNO5. The largest absolute Gasteiger partial charge is 0.493 e. The Balaban J connectivity index is 2.43. The highest BCUT2D eigenvalue weighted by atomic mass is 19.1. The predicted molar refractivity (Wildman–Crippen MR) is 76.1 cm³/mol. The molecule has 0 unspecified atom stereocenters. The third-order valence-electron chi connectivity index (χ3n) is 2.91. The first-order chi connectivity index (χ1) is 10.4. The van der Waals surface area contributed by atoms with Gasteiger partial charge in [0.15, 0.2) is 17.3 Å². The molecule has 114 valence electrons. The van der Waals surface area contributed by atoms with Crippen LogP contribution in [0.4, 0.5) is 10.1 Å². The monoisotopic (exact) mass is 305 g/mol. The van der Waals surface area contributed by atoms with Crippen molar-refractivity contribution in [1.82, 2.24) is 0 Å². The van der Waals surface area contributed by atoms with E-state index < -0.39 is 16.4 Å². The molecule has 0 radical (unpaired) electrons. The average molecular weight is 305 g/mol. The summed E-state index contributed by atoms with van der Waals surface area (Å²) in [5.74, 6) is -0.593. The lowest BCUT2D eigenvalue weighted by molar-refractivity contribution is -0.385. The number of nitrogens with zero attached hydrogens (tertiary/aromatic N) is 1. The van der Waals surface area contributed by atoms with Crippen LogP contribution >= 0.6 is 0 Å². The standard InChI is InChI=1S/C15H12FNO5/c1-9(18)10-3-5-14(15(7-10)21-2)22-13-6-4-11(16)8-12(13)17(19)20/h3-8H,1-2H3. The van der Waals surface area contributed by atoms with Gasteiger partial charge in [0, 0.05) is 5.56 Å². The van der Waals surface area contributed by atoms with E-state index in [1.807, 2.05) is 0 Å². The Morgan fingerprint density at radius 3 is 2.41 bits per heavy atom. The second-order valence-electron chi connectivity index (χ2n) is 4.39. The number of rotatable bonds is 5. The Labute approximate surface area is 125 Å². The fraction of sp³-hybridized carbons (Fsp3) is 0.133. The second kappa shape index (κ2) is 6.21. The molecule has 0 saturated heterocycles.